The van der Waals surface area contributed by atoms with Gasteiger partial charge in [0.1, 0.15) is 0 Å². The van der Waals surface area contributed by atoms with E-state index in [0.29, 0.717) is 11.7 Å². The standard InChI is InChI=1S/C6H9ClN2OS/c1-6(2)3-9(4(7)10)5(11)8-6/h3H2,1-2H3,(H,8,11). The van der Waals surface area contributed by atoms with Gasteiger partial charge in [0, 0.05) is 0 Å². The Morgan fingerprint density at radius 1 is 1.82 bits per heavy atom. The Morgan fingerprint density at radius 2 is 2.36 bits per heavy atom. The molecular formula is C6H9ClN2OS. The fraction of sp³-hybridized carbons (Fsp3) is 0.667. The minimum atomic E-state index is -0.520. The summed E-state index contributed by atoms with van der Waals surface area (Å²) in [7, 11) is 0. The van der Waals surface area contributed by atoms with Crippen LogP contribution in [0.15, 0.2) is 0 Å². The minimum Gasteiger partial charge on any atom is -0.356 e. The number of carbonyl (C=O) groups is 1. The van der Waals surface area contributed by atoms with Gasteiger partial charge in [-0.3, -0.25) is 9.69 Å². The van der Waals surface area contributed by atoms with E-state index in [-0.39, 0.29) is 5.54 Å². The second kappa shape index (κ2) is 2.60. The molecule has 0 aromatic heterocycles. The molecule has 1 fully saturated rings. The smallest absolute Gasteiger partial charge is 0.322 e. The van der Waals surface area contributed by atoms with Crippen LogP contribution >= 0.6 is 23.8 Å². The second-order valence-corrected chi connectivity index (χ2v) is 3.86. The van der Waals surface area contributed by atoms with E-state index in [1.54, 1.807) is 0 Å². The molecule has 0 bridgehead atoms. The van der Waals surface area contributed by atoms with Gasteiger partial charge in [0.15, 0.2) is 5.11 Å². The lowest BCUT2D eigenvalue weighted by atomic mass is 10.1. The van der Waals surface area contributed by atoms with Gasteiger partial charge in [-0.2, -0.15) is 0 Å². The van der Waals surface area contributed by atoms with Gasteiger partial charge in [0.2, 0.25) is 0 Å². The molecule has 5 heteroatoms. The molecule has 0 unspecified atom stereocenters. The van der Waals surface area contributed by atoms with Gasteiger partial charge in [0.05, 0.1) is 12.1 Å². The lowest BCUT2D eigenvalue weighted by Gasteiger charge is -2.15. The number of thiocarbonyl (C=S) groups is 1. The number of rotatable bonds is 0. The molecule has 62 valence electrons. The third-order valence-corrected chi connectivity index (χ3v) is 1.98. The number of nitrogens with one attached hydrogen (secondary N) is 1. The quantitative estimate of drug-likeness (QED) is 0.357. The molecule has 0 radical (unpaired) electrons. The van der Waals surface area contributed by atoms with E-state index < -0.39 is 5.37 Å². The average molecular weight is 193 g/mol. The van der Waals surface area contributed by atoms with Crippen molar-refractivity contribution >= 4 is 34.3 Å². The third kappa shape index (κ3) is 1.81. The van der Waals surface area contributed by atoms with Crippen LogP contribution in [0.3, 0.4) is 0 Å². The molecule has 1 N–H and O–H groups in total. The van der Waals surface area contributed by atoms with Crippen LogP contribution in [0.5, 0.6) is 0 Å². The van der Waals surface area contributed by atoms with Crippen molar-refractivity contribution in [1.29, 1.82) is 0 Å². The highest BCUT2D eigenvalue weighted by Gasteiger charge is 2.34. The van der Waals surface area contributed by atoms with Crippen LogP contribution < -0.4 is 5.32 Å². The van der Waals surface area contributed by atoms with E-state index in [9.17, 15) is 4.79 Å². The van der Waals surface area contributed by atoms with Gasteiger partial charge in [-0.1, -0.05) is 0 Å². The highest BCUT2D eigenvalue weighted by molar-refractivity contribution is 7.80. The molecule has 1 saturated heterocycles. The Bertz CT molecular complexity index is 217. The maximum Gasteiger partial charge on any atom is 0.322 e. The monoisotopic (exact) mass is 192 g/mol. The summed E-state index contributed by atoms with van der Waals surface area (Å²) in [5, 5.41) is 2.87. The number of halogens is 1. The van der Waals surface area contributed by atoms with Gasteiger partial charge < -0.3 is 5.32 Å². The van der Waals surface area contributed by atoms with E-state index in [1.807, 2.05) is 13.8 Å². The van der Waals surface area contributed by atoms with Gasteiger partial charge in [-0.25, -0.2) is 0 Å². The Balaban J connectivity index is 2.74. The Labute approximate surface area is 75.7 Å². The average Bonchev–Trinajstić information content (AvgIpc) is 2.05. The molecule has 1 amide bonds. The largest absolute Gasteiger partial charge is 0.356 e. The van der Waals surface area contributed by atoms with Crippen molar-refractivity contribution in [3.8, 4) is 0 Å². The van der Waals surface area contributed by atoms with Crippen LogP contribution in [0, 0.1) is 0 Å². The summed E-state index contributed by atoms with van der Waals surface area (Å²) in [5.41, 5.74) is -0.151. The van der Waals surface area contributed by atoms with E-state index >= 15 is 0 Å². The normalized spacial score (nSPS) is 21.7. The molecule has 0 spiro atoms. The molecule has 0 aliphatic carbocycles. The van der Waals surface area contributed by atoms with Crippen molar-refractivity contribution in [3.63, 3.8) is 0 Å². The van der Waals surface area contributed by atoms with Crippen LogP contribution in [0.4, 0.5) is 4.79 Å². The number of hydrogen-bond donors (Lipinski definition) is 1. The summed E-state index contributed by atoms with van der Waals surface area (Å²) in [4.78, 5) is 12.1. The third-order valence-electron chi connectivity index (χ3n) is 1.46. The fourth-order valence-electron chi connectivity index (χ4n) is 1.01. The highest BCUT2D eigenvalue weighted by Crippen LogP contribution is 2.15. The highest BCUT2D eigenvalue weighted by atomic mass is 35.5. The molecule has 0 atom stereocenters. The molecule has 1 heterocycles. The molecule has 1 aliphatic heterocycles. The van der Waals surface area contributed by atoms with Gasteiger partial charge in [-0.15, -0.1) is 0 Å². The first kappa shape index (κ1) is 8.74. The first-order chi connectivity index (χ1) is 4.92. The van der Waals surface area contributed by atoms with Crippen LogP contribution in [-0.2, 0) is 0 Å². The number of hydrogen-bond acceptors (Lipinski definition) is 2. The van der Waals surface area contributed by atoms with E-state index in [4.69, 9.17) is 23.8 Å². The Kier molecular flexibility index (Phi) is 2.07. The van der Waals surface area contributed by atoms with Gasteiger partial charge in [0.25, 0.3) is 0 Å². The van der Waals surface area contributed by atoms with Crippen molar-refractivity contribution < 1.29 is 4.79 Å². The summed E-state index contributed by atoms with van der Waals surface area (Å²) in [6.45, 7) is 4.45. The molecule has 0 aromatic carbocycles. The van der Waals surface area contributed by atoms with Gasteiger partial charge in [-0.05, 0) is 37.7 Å². The zero-order valence-electron chi connectivity index (χ0n) is 6.35. The first-order valence-electron chi connectivity index (χ1n) is 3.21. The number of carbonyl (C=O) groups excluding carboxylic acids is 1. The van der Waals surface area contributed by atoms with Crippen molar-refractivity contribution in [2.24, 2.45) is 0 Å². The molecule has 1 rings (SSSR count). The minimum absolute atomic E-state index is 0.151. The van der Waals surface area contributed by atoms with Crippen LogP contribution in [0.25, 0.3) is 0 Å². The topological polar surface area (TPSA) is 32.3 Å². The lowest BCUT2D eigenvalue weighted by Crippen LogP contribution is -2.36. The second-order valence-electron chi connectivity index (χ2n) is 3.15. The van der Waals surface area contributed by atoms with E-state index in [0.717, 1.165) is 0 Å². The van der Waals surface area contributed by atoms with Crippen molar-refractivity contribution in [2.45, 2.75) is 19.4 Å². The van der Waals surface area contributed by atoms with E-state index in [1.165, 1.54) is 4.90 Å². The molecule has 3 nitrogen and oxygen atoms in total. The summed E-state index contributed by atoms with van der Waals surface area (Å²) in [6.07, 6.45) is 0. The zero-order valence-corrected chi connectivity index (χ0v) is 7.92. The van der Waals surface area contributed by atoms with Gasteiger partial charge >= 0.3 is 5.37 Å². The molecule has 0 aromatic rings. The summed E-state index contributed by atoms with van der Waals surface area (Å²) < 4.78 is 0. The molecule has 0 saturated carbocycles. The number of amides is 1. The Hall–Kier alpha value is -0.350. The van der Waals surface area contributed by atoms with Crippen LogP contribution in [0.2, 0.25) is 0 Å². The fourth-order valence-corrected chi connectivity index (χ4v) is 1.62. The molecule has 1 aliphatic rings. The zero-order chi connectivity index (χ0) is 8.65. The maximum atomic E-state index is 10.7. The molecule has 11 heavy (non-hydrogen) atoms. The number of nitrogens with zero attached hydrogens (tertiary/aromatic N) is 1. The lowest BCUT2D eigenvalue weighted by molar-refractivity contribution is 0.242. The first-order valence-corrected chi connectivity index (χ1v) is 4.00. The van der Waals surface area contributed by atoms with Crippen molar-refractivity contribution in [3.05, 3.63) is 0 Å². The van der Waals surface area contributed by atoms with E-state index in [2.05, 4.69) is 5.32 Å². The maximum absolute atomic E-state index is 10.7. The summed E-state index contributed by atoms with van der Waals surface area (Å²) in [6, 6.07) is 0. The predicted octanol–water partition coefficient (Wildman–Crippen LogP) is 1.31. The summed E-state index contributed by atoms with van der Waals surface area (Å²) in [5.74, 6) is 0. The Morgan fingerprint density at radius 3 is 2.55 bits per heavy atom. The van der Waals surface area contributed by atoms with Crippen molar-refractivity contribution in [1.82, 2.24) is 10.2 Å². The summed E-state index contributed by atoms with van der Waals surface area (Å²) >= 11 is 10.1. The van der Waals surface area contributed by atoms with Crippen molar-refractivity contribution in [2.75, 3.05) is 6.54 Å². The molecular weight excluding hydrogens is 184 g/mol. The van der Waals surface area contributed by atoms with Crippen LogP contribution in [0.1, 0.15) is 13.8 Å². The SMILES string of the molecule is CC1(C)CN(C(=O)Cl)C(=S)N1. The predicted molar refractivity (Wildman–Crippen MR) is 47.8 cm³/mol. The van der Waals surface area contributed by atoms with Crippen LogP contribution in [-0.4, -0.2) is 27.5 Å².